The molecule has 0 aliphatic carbocycles. The van der Waals surface area contributed by atoms with Crippen LogP contribution in [-0.4, -0.2) is 57.8 Å². The summed E-state index contributed by atoms with van der Waals surface area (Å²) in [7, 11) is 1.17. The number of hydrogen-bond acceptors (Lipinski definition) is 8. The Morgan fingerprint density at radius 3 is 3.00 bits per heavy atom. The van der Waals surface area contributed by atoms with E-state index in [4.69, 9.17) is 14.6 Å². The number of aromatic nitrogens is 2. The summed E-state index contributed by atoms with van der Waals surface area (Å²) < 4.78 is 16.6. The number of hydrogen-bond donors (Lipinski definition) is 2. The van der Waals surface area contributed by atoms with Crippen molar-refractivity contribution in [2.24, 2.45) is 0 Å². The monoisotopic (exact) mass is 284 g/mol. The number of aliphatic hydroxyl groups is 2. The lowest BCUT2D eigenvalue weighted by Gasteiger charge is -2.15. The quantitative estimate of drug-likeness (QED) is 0.601. The molecule has 3 rings (SSSR count). The van der Waals surface area contributed by atoms with Crippen LogP contribution in [0.3, 0.4) is 0 Å². The van der Waals surface area contributed by atoms with Gasteiger partial charge in [-0.1, -0.05) is 0 Å². The third-order valence-corrected chi connectivity index (χ3v) is 3.31. The fourth-order valence-corrected chi connectivity index (χ4v) is 2.39. The average molecular weight is 284 g/mol. The summed E-state index contributed by atoms with van der Waals surface area (Å²) >= 11 is 0. The molecule has 2 aliphatic heterocycles. The predicted molar refractivity (Wildman–Crippen MR) is 61.3 cm³/mol. The number of carbonyl (C=O) groups excluding carboxylic acids is 1. The van der Waals surface area contributed by atoms with Crippen LogP contribution in [0.5, 0.6) is 6.01 Å². The van der Waals surface area contributed by atoms with Crippen LogP contribution in [0, 0.1) is 0 Å². The molecule has 2 unspecified atom stereocenters. The predicted octanol–water partition coefficient (Wildman–Crippen LogP) is -1.96. The van der Waals surface area contributed by atoms with Crippen molar-refractivity contribution in [3.8, 4) is 6.01 Å². The second-order valence-corrected chi connectivity index (χ2v) is 4.44. The third kappa shape index (κ3) is 1.71. The van der Waals surface area contributed by atoms with Crippen molar-refractivity contribution in [1.29, 1.82) is 0 Å². The Balaban J connectivity index is 2.09. The van der Waals surface area contributed by atoms with Crippen molar-refractivity contribution in [2.75, 3.05) is 13.7 Å². The first-order chi connectivity index (χ1) is 9.56. The average Bonchev–Trinajstić information content (AvgIpc) is 2.93. The van der Waals surface area contributed by atoms with E-state index in [1.165, 1.54) is 11.7 Å². The zero-order valence-electron chi connectivity index (χ0n) is 10.4. The van der Waals surface area contributed by atoms with Gasteiger partial charge in [0.25, 0.3) is 5.56 Å². The molecule has 9 nitrogen and oxygen atoms in total. The van der Waals surface area contributed by atoms with Gasteiger partial charge < -0.3 is 24.4 Å². The van der Waals surface area contributed by atoms with Gasteiger partial charge in [0.15, 0.2) is 12.3 Å². The topological polar surface area (TPSA) is 120 Å². The van der Waals surface area contributed by atoms with E-state index in [-0.39, 0.29) is 11.7 Å². The van der Waals surface area contributed by atoms with Gasteiger partial charge >= 0.3 is 12.0 Å². The maximum absolute atomic E-state index is 11.7. The van der Waals surface area contributed by atoms with Gasteiger partial charge in [-0.3, -0.25) is 9.36 Å². The lowest BCUT2D eigenvalue weighted by Crippen LogP contribution is -2.34. The largest absolute Gasteiger partial charge is 0.464 e. The molecule has 0 amide bonds. The Hall–Kier alpha value is -1.97. The van der Waals surface area contributed by atoms with E-state index in [1.54, 1.807) is 0 Å². The molecule has 1 saturated heterocycles. The van der Waals surface area contributed by atoms with E-state index in [9.17, 15) is 14.7 Å². The van der Waals surface area contributed by atoms with Crippen molar-refractivity contribution >= 4 is 5.97 Å². The lowest BCUT2D eigenvalue weighted by atomic mass is 10.1. The van der Waals surface area contributed by atoms with Crippen molar-refractivity contribution < 1.29 is 29.2 Å². The molecule has 3 heterocycles. The Kier molecular flexibility index (Phi) is 2.96. The van der Waals surface area contributed by atoms with Crippen molar-refractivity contribution in [2.45, 2.75) is 24.5 Å². The standard InChI is InChI=1S/C11H12N2O7/c1-18-10(17)4-2-6(15)12-11-13(4)9-8(20-11)7(16)5(3-14)19-9/h2,5,7-9,14,16H,3H2,1H3/t5-,7?,8-,9?/m0/s1. The molecule has 0 saturated carbocycles. The molecule has 2 aliphatic rings. The van der Waals surface area contributed by atoms with E-state index in [1.807, 2.05) is 0 Å². The summed E-state index contributed by atoms with van der Waals surface area (Å²) in [5.41, 5.74) is -0.745. The first kappa shape index (κ1) is 13.0. The molecular weight excluding hydrogens is 272 g/mol. The summed E-state index contributed by atoms with van der Waals surface area (Å²) in [6.07, 6.45) is -3.61. The first-order valence-electron chi connectivity index (χ1n) is 5.89. The van der Waals surface area contributed by atoms with Crippen LogP contribution in [0.15, 0.2) is 10.9 Å². The van der Waals surface area contributed by atoms with Crippen LogP contribution in [0.1, 0.15) is 16.7 Å². The second-order valence-electron chi connectivity index (χ2n) is 4.44. The minimum atomic E-state index is -1.09. The minimum absolute atomic E-state index is 0.0826. The summed E-state index contributed by atoms with van der Waals surface area (Å²) in [5.74, 6) is -0.750. The van der Waals surface area contributed by atoms with Crippen LogP contribution in [-0.2, 0) is 9.47 Å². The van der Waals surface area contributed by atoms with Gasteiger partial charge in [-0.2, -0.15) is 4.98 Å². The van der Waals surface area contributed by atoms with Gasteiger partial charge in [-0.25, -0.2) is 4.79 Å². The smallest absolute Gasteiger partial charge is 0.355 e. The highest BCUT2D eigenvalue weighted by Gasteiger charge is 2.52. The summed E-state index contributed by atoms with van der Waals surface area (Å²) in [6, 6.07) is 0.881. The maximum atomic E-state index is 11.7. The molecule has 9 heteroatoms. The van der Waals surface area contributed by atoms with Crippen LogP contribution < -0.4 is 10.3 Å². The fourth-order valence-electron chi connectivity index (χ4n) is 2.39. The van der Waals surface area contributed by atoms with Crippen molar-refractivity contribution in [3.05, 3.63) is 22.1 Å². The van der Waals surface area contributed by atoms with Gasteiger partial charge in [-0.15, -0.1) is 0 Å². The number of nitrogens with zero attached hydrogens (tertiary/aromatic N) is 2. The SMILES string of the molecule is COC(=O)c1cc(=O)nc2n1C1O[C@@H](CO)C(O)[C@@H]1O2. The number of carbonyl (C=O) groups is 1. The molecule has 1 fully saturated rings. The van der Waals surface area contributed by atoms with Gasteiger partial charge in [0.2, 0.25) is 0 Å². The number of fused-ring (bicyclic) bond motifs is 3. The Labute approximate surface area is 112 Å². The molecule has 20 heavy (non-hydrogen) atoms. The van der Waals surface area contributed by atoms with E-state index in [0.29, 0.717) is 0 Å². The lowest BCUT2D eigenvalue weighted by molar-refractivity contribution is -0.0443. The molecule has 0 aromatic carbocycles. The highest BCUT2D eigenvalue weighted by molar-refractivity contribution is 5.87. The van der Waals surface area contributed by atoms with Crippen LogP contribution in [0.2, 0.25) is 0 Å². The van der Waals surface area contributed by atoms with E-state index in [2.05, 4.69) is 9.72 Å². The van der Waals surface area contributed by atoms with Gasteiger partial charge in [0.1, 0.15) is 17.9 Å². The van der Waals surface area contributed by atoms with Crippen molar-refractivity contribution in [1.82, 2.24) is 9.55 Å². The molecule has 108 valence electrons. The van der Waals surface area contributed by atoms with E-state index >= 15 is 0 Å². The highest BCUT2D eigenvalue weighted by Crippen LogP contribution is 2.39. The molecule has 0 radical (unpaired) electrons. The van der Waals surface area contributed by atoms with Gasteiger partial charge in [-0.05, 0) is 0 Å². The normalized spacial score (nSPS) is 30.6. The van der Waals surface area contributed by atoms with Gasteiger partial charge in [0.05, 0.1) is 13.7 Å². The maximum Gasteiger partial charge on any atom is 0.355 e. The molecular formula is C11H12N2O7. The number of ether oxygens (including phenoxy) is 3. The molecule has 1 aromatic heterocycles. The van der Waals surface area contributed by atoms with Crippen LogP contribution in [0.25, 0.3) is 0 Å². The zero-order valence-corrected chi connectivity index (χ0v) is 10.4. The third-order valence-electron chi connectivity index (χ3n) is 3.31. The Morgan fingerprint density at radius 2 is 2.35 bits per heavy atom. The molecule has 0 spiro atoms. The van der Waals surface area contributed by atoms with E-state index in [0.717, 1.165) is 6.07 Å². The highest BCUT2D eigenvalue weighted by atomic mass is 16.6. The molecule has 4 atom stereocenters. The Morgan fingerprint density at radius 1 is 1.60 bits per heavy atom. The fraction of sp³-hybridized carbons (Fsp3) is 0.545. The van der Waals surface area contributed by atoms with E-state index < -0.39 is 42.7 Å². The second kappa shape index (κ2) is 4.54. The summed E-state index contributed by atoms with van der Waals surface area (Å²) in [6.45, 7) is -0.395. The number of esters is 1. The molecule has 2 N–H and O–H groups in total. The van der Waals surface area contributed by atoms with Crippen LogP contribution in [0.4, 0.5) is 0 Å². The number of methoxy groups -OCH3 is 1. The number of rotatable bonds is 2. The molecule has 1 aromatic rings. The first-order valence-corrected chi connectivity index (χ1v) is 5.89. The van der Waals surface area contributed by atoms with Crippen LogP contribution >= 0.6 is 0 Å². The molecule has 0 bridgehead atoms. The minimum Gasteiger partial charge on any atom is -0.464 e. The van der Waals surface area contributed by atoms with Gasteiger partial charge in [0, 0.05) is 6.07 Å². The zero-order chi connectivity index (χ0) is 14.4. The summed E-state index contributed by atoms with van der Waals surface area (Å²) in [4.78, 5) is 26.8. The van der Waals surface area contributed by atoms with Crippen molar-refractivity contribution in [3.63, 3.8) is 0 Å². The number of aliphatic hydroxyl groups excluding tert-OH is 2. The Bertz CT molecular complexity index is 613. The summed E-state index contributed by atoms with van der Waals surface area (Å²) in [5, 5.41) is 19.0.